The van der Waals surface area contributed by atoms with Crippen molar-refractivity contribution in [1.82, 2.24) is 20.6 Å². The van der Waals surface area contributed by atoms with E-state index in [9.17, 15) is 0 Å². The second-order valence-electron chi connectivity index (χ2n) is 3.58. The number of benzene rings is 1. The third-order valence-corrected chi connectivity index (χ3v) is 2.33. The maximum Gasteiger partial charge on any atom is 0.216 e. The monoisotopic (exact) mass is 251 g/mol. The Balaban J connectivity index is 2.09. The number of hydrogen-bond acceptors (Lipinski definition) is 6. The Labute approximate surface area is 109 Å². The highest BCUT2D eigenvalue weighted by Crippen LogP contribution is 2.12. The van der Waals surface area contributed by atoms with Crippen molar-refractivity contribution in [3.05, 3.63) is 41.9 Å². The van der Waals surface area contributed by atoms with Gasteiger partial charge in [-0.15, -0.1) is 10.2 Å². The van der Waals surface area contributed by atoms with Crippen molar-refractivity contribution in [3.8, 4) is 12.1 Å². The largest absolute Gasteiger partial charge is 0.360 e. The molecule has 2 rings (SSSR count). The summed E-state index contributed by atoms with van der Waals surface area (Å²) in [5, 5.41) is 33.6. The number of nitrogens with zero attached hydrogens (tertiary/aromatic N) is 5. The topological polar surface area (TPSA) is 114 Å². The van der Waals surface area contributed by atoms with Gasteiger partial charge in [0.15, 0.2) is 0 Å². The number of allylic oxidation sites excluding steroid dienone is 1. The van der Waals surface area contributed by atoms with E-state index in [1.807, 2.05) is 30.3 Å². The number of anilines is 1. The number of aromatic nitrogens is 4. The smallest absolute Gasteiger partial charge is 0.216 e. The SMILES string of the molecule is N#CCc1ccc(NC=C(C#N)c2nn[nH]n2)cc1. The molecule has 0 saturated carbocycles. The molecule has 0 fully saturated rings. The second-order valence-corrected chi connectivity index (χ2v) is 3.58. The van der Waals surface area contributed by atoms with Crippen LogP contribution in [0.25, 0.3) is 5.57 Å². The van der Waals surface area contributed by atoms with Gasteiger partial charge in [-0.05, 0) is 22.9 Å². The first-order chi connectivity index (χ1) is 9.33. The summed E-state index contributed by atoms with van der Waals surface area (Å²) in [4.78, 5) is 0. The number of hydrogen-bond donors (Lipinski definition) is 2. The van der Waals surface area contributed by atoms with Gasteiger partial charge in [0.1, 0.15) is 11.6 Å². The number of rotatable bonds is 4. The molecule has 0 saturated heterocycles. The minimum absolute atomic E-state index is 0.233. The highest BCUT2D eigenvalue weighted by atomic mass is 15.5. The van der Waals surface area contributed by atoms with E-state index >= 15 is 0 Å². The number of nitriles is 2. The van der Waals surface area contributed by atoms with E-state index in [1.54, 1.807) is 0 Å². The molecule has 0 aliphatic heterocycles. The Kier molecular flexibility index (Phi) is 3.84. The molecule has 0 amide bonds. The summed E-state index contributed by atoms with van der Waals surface area (Å²) in [6.45, 7) is 0. The summed E-state index contributed by atoms with van der Waals surface area (Å²) in [7, 11) is 0. The van der Waals surface area contributed by atoms with Crippen molar-refractivity contribution in [3.63, 3.8) is 0 Å². The van der Waals surface area contributed by atoms with Crippen LogP contribution < -0.4 is 5.32 Å². The Morgan fingerprint density at radius 3 is 2.68 bits per heavy atom. The Morgan fingerprint density at radius 1 is 1.32 bits per heavy atom. The Morgan fingerprint density at radius 2 is 2.11 bits per heavy atom. The molecule has 92 valence electrons. The molecule has 7 heteroatoms. The van der Waals surface area contributed by atoms with Crippen LogP contribution in [0.3, 0.4) is 0 Å². The molecule has 7 nitrogen and oxygen atoms in total. The molecule has 2 N–H and O–H groups in total. The van der Waals surface area contributed by atoms with Crippen molar-refractivity contribution >= 4 is 11.3 Å². The van der Waals surface area contributed by atoms with Gasteiger partial charge in [-0.2, -0.15) is 15.7 Å². The quantitative estimate of drug-likeness (QED) is 0.790. The van der Waals surface area contributed by atoms with E-state index in [4.69, 9.17) is 10.5 Å². The van der Waals surface area contributed by atoms with Crippen molar-refractivity contribution in [2.24, 2.45) is 0 Å². The molecule has 0 aliphatic carbocycles. The first-order valence-corrected chi connectivity index (χ1v) is 5.40. The molecule has 1 heterocycles. The van der Waals surface area contributed by atoms with Gasteiger partial charge in [-0.3, -0.25) is 0 Å². The van der Waals surface area contributed by atoms with Gasteiger partial charge in [0, 0.05) is 11.9 Å². The summed E-state index contributed by atoms with van der Waals surface area (Å²) in [6.07, 6.45) is 1.88. The van der Waals surface area contributed by atoms with Crippen molar-refractivity contribution < 1.29 is 0 Å². The molecular formula is C12H9N7. The van der Waals surface area contributed by atoms with E-state index in [-0.39, 0.29) is 11.4 Å². The average molecular weight is 251 g/mol. The zero-order valence-corrected chi connectivity index (χ0v) is 9.83. The van der Waals surface area contributed by atoms with Crippen LogP contribution in [0.1, 0.15) is 11.4 Å². The van der Waals surface area contributed by atoms with Crippen LogP contribution in [0.2, 0.25) is 0 Å². The molecule has 19 heavy (non-hydrogen) atoms. The van der Waals surface area contributed by atoms with Gasteiger partial charge in [-0.1, -0.05) is 12.1 Å². The molecular weight excluding hydrogens is 242 g/mol. The van der Waals surface area contributed by atoms with Crippen molar-refractivity contribution in [1.29, 1.82) is 10.5 Å². The highest BCUT2D eigenvalue weighted by molar-refractivity contribution is 5.73. The van der Waals surface area contributed by atoms with Crippen molar-refractivity contribution in [2.75, 3.05) is 5.32 Å². The molecule has 1 aromatic carbocycles. The minimum atomic E-state index is 0.233. The lowest BCUT2D eigenvalue weighted by molar-refractivity contribution is 0.881. The highest BCUT2D eigenvalue weighted by Gasteiger charge is 2.04. The summed E-state index contributed by atoms with van der Waals surface area (Å²) in [5.74, 6) is 0.233. The lowest BCUT2D eigenvalue weighted by atomic mass is 10.1. The fourth-order valence-corrected chi connectivity index (χ4v) is 1.39. The van der Waals surface area contributed by atoms with Crippen molar-refractivity contribution in [2.45, 2.75) is 6.42 Å². The number of tetrazole rings is 1. The lowest BCUT2D eigenvalue weighted by Crippen LogP contribution is -1.93. The lowest BCUT2D eigenvalue weighted by Gasteiger charge is -2.01. The van der Waals surface area contributed by atoms with Crippen LogP contribution in [0.15, 0.2) is 30.5 Å². The third-order valence-electron chi connectivity index (χ3n) is 2.33. The number of aromatic amines is 1. The molecule has 1 aromatic heterocycles. The summed E-state index contributed by atoms with van der Waals surface area (Å²) >= 11 is 0. The summed E-state index contributed by atoms with van der Waals surface area (Å²) in [6, 6.07) is 11.4. The zero-order chi connectivity index (χ0) is 13.5. The molecule has 0 unspecified atom stereocenters. The van der Waals surface area contributed by atoms with Gasteiger partial charge in [0.05, 0.1) is 12.5 Å². The maximum atomic E-state index is 8.97. The normalized spacial score (nSPS) is 10.5. The predicted molar refractivity (Wildman–Crippen MR) is 67.1 cm³/mol. The average Bonchev–Trinajstić information content (AvgIpc) is 2.96. The van der Waals surface area contributed by atoms with E-state index in [0.717, 1.165) is 11.3 Å². The molecule has 0 aliphatic rings. The number of nitrogens with one attached hydrogen (secondary N) is 2. The van der Waals surface area contributed by atoms with Crippen LogP contribution in [0, 0.1) is 22.7 Å². The summed E-state index contributed by atoms with van der Waals surface area (Å²) in [5.41, 5.74) is 2.02. The standard InChI is InChI=1S/C12H9N7/c13-6-5-9-1-3-11(4-2-9)15-8-10(7-14)12-16-18-19-17-12/h1-4,8,15H,5H2,(H,16,17,18,19). The fourth-order valence-electron chi connectivity index (χ4n) is 1.39. The number of H-pyrrole nitrogens is 1. The van der Waals surface area contributed by atoms with Gasteiger partial charge in [0.2, 0.25) is 5.82 Å². The van der Waals surface area contributed by atoms with Crippen LogP contribution >= 0.6 is 0 Å². The van der Waals surface area contributed by atoms with Gasteiger partial charge in [0.25, 0.3) is 0 Å². The van der Waals surface area contributed by atoms with Gasteiger partial charge < -0.3 is 5.32 Å². The van der Waals surface area contributed by atoms with Gasteiger partial charge >= 0.3 is 0 Å². The van der Waals surface area contributed by atoms with Crippen LogP contribution in [-0.4, -0.2) is 20.6 Å². The minimum Gasteiger partial charge on any atom is -0.360 e. The van der Waals surface area contributed by atoms with Gasteiger partial charge in [-0.25, -0.2) is 0 Å². The third kappa shape index (κ3) is 3.14. The molecule has 0 atom stereocenters. The molecule has 0 radical (unpaired) electrons. The first kappa shape index (κ1) is 12.3. The van der Waals surface area contributed by atoms with E-state index in [2.05, 4.69) is 32.0 Å². The van der Waals surface area contributed by atoms with Crippen LogP contribution in [-0.2, 0) is 6.42 Å². The predicted octanol–water partition coefficient (Wildman–Crippen LogP) is 1.24. The Hall–Kier alpha value is -3.19. The maximum absolute atomic E-state index is 8.97. The second kappa shape index (κ2) is 5.94. The van der Waals surface area contributed by atoms with Crippen LogP contribution in [0.4, 0.5) is 5.69 Å². The first-order valence-electron chi connectivity index (χ1n) is 5.40. The fraction of sp³-hybridized carbons (Fsp3) is 0.0833. The van der Waals surface area contributed by atoms with E-state index in [0.29, 0.717) is 6.42 Å². The molecule has 0 bridgehead atoms. The molecule has 0 spiro atoms. The van der Waals surface area contributed by atoms with Crippen LogP contribution in [0.5, 0.6) is 0 Å². The Bertz CT molecular complexity index is 641. The summed E-state index contributed by atoms with van der Waals surface area (Å²) < 4.78 is 0. The zero-order valence-electron chi connectivity index (χ0n) is 9.83. The van der Waals surface area contributed by atoms with E-state index in [1.165, 1.54) is 6.20 Å². The van der Waals surface area contributed by atoms with E-state index < -0.39 is 0 Å². The molecule has 2 aromatic rings.